The Hall–Kier alpha value is -2.02. The molecular weight excluding hydrogens is 367 g/mol. The molecule has 120 valence electrons. The summed E-state index contributed by atoms with van der Waals surface area (Å²) in [6.45, 7) is 0. The molecule has 0 saturated heterocycles. The van der Waals surface area contributed by atoms with E-state index in [1.165, 1.54) is 11.8 Å². The lowest BCUT2D eigenvalue weighted by Gasteiger charge is -1.96. The van der Waals surface area contributed by atoms with E-state index in [1.54, 1.807) is 6.07 Å². The van der Waals surface area contributed by atoms with Crippen LogP contribution in [-0.2, 0) is 5.75 Å². The molecule has 2 aromatic carbocycles. The van der Waals surface area contributed by atoms with Crippen LogP contribution >= 0.6 is 35.0 Å². The highest BCUT2D eigenvalue weighted by Crippen LogP contribution is 2.28. The monoisotopic (exact) mass is 376 g/mol. The van der Waals surface area contributed by atoms with Gasteiger partial charge >= 0.3 is 0 Å². The van der Waals surface area contributed by atoms with Crippen LogP contribution in [0.2, 0.25) is 10.0 Å². The summed E-state index contributed by atoms with van der Waals surface area (Å²) in [6, 6.07) is 12.9. The number of thioether (sulfide) groups is 1. The Kier molecular flexibility index (Phi) is 4.18. The van der Waals surface area contributed by atoms with Crippen molar-refractivity contribution in [1.29, 1.82) is 0 Å². The van der Waals surface area contributed by atoms with Gasteiger partial charge in [0, 0.05) is 5.02 Å². The van der Waals surface area contributed by atoms with Crippen LogP contribution in [0.4, 0.5) is 0 Å². The van der Waals surface area contributed by atoms with Crippen molar-refractivity contribution in [2.45, 2.75) is 10.9 Å². The van der Waals surface area contributed by atoms with Crippen LogP contribution in [0.1, 0.15) is 5.89 Å². The van der Waals surface area contributed by atoms with Crippen LogP contribution in [0.15, 0.2) is 52.0 Å². The number of nitrogens with one attached hydrogen (secondary N) is 1. The fourth-order valence-corrected chi connectivity index (χ4v) is 3.32. The summed E-state index contributed by atoms with van der Waals surface area (Å²) in [7, 11) is 0. The predicted octanol–water partition coefficient (Wildman–Crippen LogP) is 5.21. The summed E-state index contributed by atoms with van der Waals surface area (Å²) >= 11 is 13.6. The summed E-state index contributed by atoms with van der Waals surface area (Å²) in [6.07, 6.45) is 0. The molecule has 1 N–H and O–H groups in total. The quantitative estimate of drug-likeness (QED) is 0.495. The molecule has 0 unspecified atom stereocenters. The zero-order valence-electron chi connectivity index (χ0n) is 12.2. The van der Waals surface area contributed by atoms with Gasteiger partial charge in [-0.3, -0.25) is 0 Å². The first-order valence-electron chi connectivity index (χ1n) is 7.04. The molecule has 0 aliphatic carbocycles. The Labute approximate surface area is 151 Å². The minimum Gasteiger partial charge on any atom is -0.420 e. The zero-order chi connectivity index (χ0) is 16.5. The average molecular weight is 377 g/mol. The smallest absolute Gasteiger partial charge is 0.249 e. The number of benzene rings is 2. The highest BCUT2D eigenvalue weighted by atomic mass is 35.5. The van der Waals surface area contributed by atoms with Gasteiger partial charge < -0.3 is 9.40 Å². The Morgan fingerprint density at radius 1 is 1.08 bits per heavy atom. The van der Waals surface area contributed by atoms with Crippen molar-refractivity contribution in [2.75, 3.05) is 0 Å². The van der Waals surface area contributed by atoms with Gasteiger partial charge in [-0.2, -0.15) is 0 Å². The summed E-state index contributed by atoms with van der Waals surface area (Å²) in [4.78, 5) is 7.70. The second-order valence-electron chi connectivity index (χ2n) is 4.97. The average Bonchev–Trinajstić information content (AvgIpc) is 3.19. The largest absolute Gasteiger partial charge is 0.420 e. The Balaban J connectivity index is 1.50. The molecule has 0 radical (unpaired) electrons. The number of halogens is 2. The number of hydrogen-bond donors (Lipinski definition) is 1. The number of hydrogen-bond acceptors (Lipinski definition) is 5. The standard InChI is InChI=1S/C16H10Cl2N4OS/c17-9-5-6-12-13(7-9)20-16(19-12)24-8-14-21-22-15(23-14)10-3-1-2-4-11(10)18/h1-7H,8H2,(H,19,20). The van der Waals surface area contributed by atoms with Crippen molar-refractivity contribution in [2.24, 2.45) is 0 Å². The van der Waals surface area contributed by atoms with Gasteiger partial charge in [-0.15, -0.1) is 10.2 Å². The summed E-state index contributed by atoms with van der Waals surface area (Å²) in [5.41, 5.74) is 2.48. The van der Waals surface area contributed by atoms with E-state index in [-0.39, 0.29) is 0 Å². The number of imidazole rings is 1. The van der Waals surface area contributed by atoms with Crippen molar-refractivity contribution in [3.05, 3.63) is 58.4 Å². The number of aromatic nitrogens is 4. The summed E-state index contributed by atoms with van der Waals surface area (Å²) in [5, 5.41) is 10.1. The lowest BCUT2D eigenvalue weighted by atomic mass is 10.2. The van der Waals surface area contributed by atoms with Crippen LogP contribution in [-0.4, -0.2) is 20.2 Å². The minimum absolute atomic E-state index is 0.410. The second kappa shape index (κ2) is 6.47. The van der Waals surface area contributed by atoms with Crippen molar-refractivity contribution >= 4 is 46.0 Å². The van der Waals surface area contributed by atoms with E-state index in [1.807, 2.05) is 36.4 Å². The maximum atomic E-state index is 6.14. The molecule has 4 aromatic rings. The summed E-state index contributed by atoms with van der Waals surface area (Å²) < 4.78 is 5.68. The summed E-state index contributed by atoms with van der Waals surface area (Å²) in [5.74, 6) is 1.42. The Morgan fingerprint density at radius 2 is 1.96 bits per heavy atom. The van der Waals surface area contributed by atoms with E-state index in [9.17, 15) is 0 Å². The highest BCUT2D eigenvalue weighted by Gasteiger charge is 2.12. The van der Waals surface area contributed by atoms with E-state index in [2.05, 4.69) is 20.2 Å². The van der Waals surface area contributed by atoms with Crippen LogP contribution < -0.4 is 0 Å². The van der Waals surface area contributed by atoms with Crippen LogP contribution in [0.5, 0.6) is 0 Å². The van der Waals surface area contributed by atoms with Gasteiger partial charge in [-0.05, 0) is 30.3 Å². The topological polar surface area (TPSA) is 67.6 Å². The van der Waals surface area contributed by atoms with Gasteiger partial charge in [-0.25, -0.2) is 4.98 Å². The molecule has 5 nitrogen and oxygen atoms in total. The van der Waals surface area contributed by atoms with E-state index in [0.29, 0.717) is 27.6 Å². The number of fused-ring (bicyclic) bond motifs is 1. The molecule has 0 saturated carbocycles. The third-order valence-electron chi connectivity index (χ3n) is 3.33. The van der Waals surface area contributed by atoms with E-state index in [4.69, 9.17) is 27.6 Å². The fourth-order valence-electron chi connectivity index (χ4n) is 2.21. The lowest BCUT2D eigenvalue weighted by Crippen LogP contribution is -1.81. The molecule has 4 rings (SSSR count). The molecule has 0 aliphatic rings. The van der Waals surface area contributed by atoms with Crippen LogP contribution in [0.3, 0.4) is 0 Å². The van der Waals surface area contributed by atoms with Crippen molar-refractivity contribution in [3.8, 4) is 11.5 Å². The molecule has 8 heteroatoms. The fraction of sp³-hybridized carbons (Fsp3) is 0.0625. The van der Waals surface area contributed by atoms with Gasteiger partial charge in [0.1, 0.15) is 0 Å². The predicted molar refractivity (Wildman–Crippen MR) is 95.4 cm³/mol. The zero-order valence-corrected chi connectivity index (χ0v) is 14.5. The first-order chi connectivity index (χ1) is 11.7. The SMILES string of the molecule is Clc1ccc2nc(SCc3nnc(-c4ccccc4Cl)o3)[nH]c2c1. The number of nitrogens with zero attached hydrogens (tertiary/aromatic N) is 3. The molecular formula is C16H10Cl2N4OS. The number of H-pyrrole nitrogens is 1. The molecule has 0 aliphatic heterocycles. The van der Waals surface area contributed by atoms with Gasteiger partial charge in [0.2, 0.25) is 11.8 Å². The number of rotatable bonds is 4. The van der Waals surface area contributed by atoms with Crippen LogP contribution in [0.25, 0.3) is 22.5 Å². The van der Waals surface area contributed by atoms with E-state index >= 15 is 0 Å². The van der Waals surface area contributed by atoms with Crippen molar-refractivity contribution in [3.63, 3.8) is 0 Å². The van der Waals surface area contributed by atoms with Gasteiger partial charge in [0.15, 0.2) is 5.16 Å². The maximum Gasteiger partial charge on any atom is 0.249 e. The molecule has 24 heavy (non-hydrogen) atoms. The van der Waals surface area contributed by atoms with Gasteiger partial charge in [0.25, 0.3) is 0 Å². The molecule has 0 atom stereocenters. The lowest BCUT2D eigenvalue weighted by molar-refractivity contribution is 0.528. The Morgan fingerprint density at radius 3 is 2.83 bits per heavy atom. The number of aromatic amines is 1. The first-order valence-corrected chi connectivity index (χ1v) is 8.78. The molecule has 2 aromatic heterocycles. The van der Waals surface area contributed by atoms with Gasteiger partial charge in [0.05, 0.1) is 27.4 Å². The minimum atomic E-state index is 0.410. The molecule has 0 bridgehead atoms. The van der Waals surface area contributed by atoms with E-state index in [0.717, 1.165) is 21.8 Å². The first kappa shape index (κ1) is 15.5. The van der Waals surface area contributed by atoms with Gasteiger partial charge in [-0.1, -0.05) is 47.1 Å². The van der Waals surface area contributed by atoms with Crippen molar-refractivity contribution in [1.82, 2.24) is 20.2 Å². The maximum absolute atomic E-state index is 6.14. The molecule has 2 heterocycles. The molecule has 0 fully saturated rings. The van der Waals surface area contributed by atoms with Crippen molar-refractivity contribution < 1.29 is 4.42 Å². The van der Waals surface area contributed by atoms with E-state index < -0.39 is 0 Å². The molecule has 0 spiro atoms. The third kappa shape index (κ3) is 3.13. The third-order valence-corrected chi connectivity index (χ3v) is 4.75. The Bertz CT molecular complexity index is 1010. The highest BCUT2D eigenvalue weighted by molar-refractivity contribution is 7.98. The normalized spacial score (nSPS) is 11.2. The van der Waals surface area contributed by atoms with Crippen LogP contribution in [0, 0.1) is 0 Å². The molecule has 0 amide bonds. The second-order valence-corrected chi connectivity index (χ2v) is 6.78.